The van der Waals surface area contributed by atoms with Gasteiger partial charge in [0.15, 0.2) is 0 Å². The molecule has 0 aliphatic carbocycles. The zero-order valence-corrected chi connectivity index (χ0v) is 12.2. The van der Waals surface area contributed by atoms with Crippen molar-refractivity contribution in [3.05, 3.63) is 70.1 Å². The molecule has 1 atom stereocenters. The average Bonchev–Trinajstić information content (AvgIpc) is 3.03. The highest BCUT2D eigenvalue weighted by Gasteiger charge is 2.32. The molecule has 1 unspecified atom stereocenters. The van der Waals surface area contributed by atoms with Crippen LogP contribution >= 0.6 is 0 Å². The predicted octanol–water partition coefficient (Wildman–Crippen LogP) is 2.85. The van der Waals surface area contributed by atoms with Gasteiger partial charge in [-0.2, -0.15) is 0 Å². The van der Waals surface area contributed by atoms with Gasteiger partial charge in [0.25, 0.3) is 5.56 Å². The summed E-state index contributed by atoms with van der Waals surface area (Å²) >= 11 is 0. The van der Waals surface area contributed by atoms with E-state index >= 15 is 0 Å². The summed E-state index contributed by atoms with van der Waals surface area (Å²) in [4.78, 5) is 28.5. The van der Waals surface area contributed by atoms with Crippen LogP contribution in [0.1, 0.15) is 30.0 Å². The Balaban J connectivity index is 1.69. The van der Waals surface area contributed by atoms with Crippen molar-refractivity contribution in [1.29, 1.82) is 0 Å². The summed E-state index contributed by atoms with van der Waals surface area (Å²) in [5.74, 6) is 0. The standard InChI is InChI=1S/C17H18N2O3/c20-16-14(8-4-10-18-16)15-9-5-11-19(15)17(21)22-12-13-6-2-1-3-7-13/h1-4,6-8,10,15H,5,9,11-12H2,(H,18,20). The van der Waals surface area contributed by atoms with E-state index in [1.54, 1.807) is 23.2 Å². The van der Waals surface area contributed by atoms with Crippen molar-refractivity contribution in [1.82, 2.24) is 9.88 Å². The van der Waals surface area contributed by atoms with Gasteiger partial charge in [-0.1, -0.05) is 30.3 Å². The smallest absolute Gasteiger partial charge is 0.410 e. The first-order valence-electron chi connectivity index (χ1n) is 7.40. The van der Waals surface area contributed by atoms with Crippen molar-refractivity contribution in [3.8, 4) is 0 Å². The summed E-state index contributed by atoms with van der Waals surface area (Å²) < 4.78 is 5.38. The molecule has 1 aliphatic rings. The number of pyridine rings is 1. The third-order valence-electron chi connectivity index (χ3n) is 3.90. The largest absolute Gasteiger partial charge is 0.445 e. The van der Waals surface area contributed by atoms with Crippen molar-refractivity contribution in [3.63, 3.8) is 0 Å². The lowest BCUT2D eigenvalue weighted by Crippen LogP contribution is -2.33. The number of carbonyl (C=O) groups is 1. The maximum absolute atomic E-state index is 12.3. The molecule has 1 aromatic heterocycles. The Labute approximate surface area is 128 Å². The van der Waals surface area contributed by atoms with E-state index in [0.29, 0.717) is 12.1 Å². The lowest BCUT2D eigenvalue weighted by atomic mass is 10.1. The molecule has 1 saturated heterocycles. The molecule has 5 nitrogen and oxygen atoms in total. The number of likely N-dealkylation sites (tertiary alicyclic amines) is 1. The van der Waals surface area contributed by atoms with Crippen LogP contribution in [0.15, 0.2) is 53.5 Å². The van der Waals surface area contributed by atoms with Gasteiger partial charge in [0.05, 0.1) is 6.04 Å². The Kier molecular flexibility index (Phi) is 4.23. The van der Waals surface area contributed by atoms with E-state index in [0.717, 1.165) is 18.4 Å². The minimum atomic E-state index is -0.366. The van der Waals surface area contributed by atoms with Crippen LogP contribution in [-0.2, 0) is 11.3 Å². The van der Waals surface area contributed by atoms with Crippen LogP contribution in [-0.4, -0.2) is 22.5 Å². The number of nitrogens with zero attached hydrogens (tertiary/aromatic N) is 1. The molecule has 2 heterocycles. The van der Waals surface area contributed by atoms with Gasteiger partial charge in [0.1, 0.15) is 6.61 Å². The molecule has 2 aromatic rings. The fourth-order valence-electron chi connectivity index (χ4n) is 2.81. The van der Waals surface area contributed by atoms with Crippen LogP contribution in [0, 0.1) is 0 Å². The van der Waals surface area contributed by atoms with Crippen molar-refractivity contribution in [2.24, 2.45) is 0 Å². The molecule has 1 N–H and O–H groups in total. The Bertz CT molecular complexity index is 696. The number of aromatic amines is 1. The molecule has 3 rings (SSSR count). The van der Waals surface area contributed by atoms with Crippen molar-refractivity contribution in [2.45, 2.75) is 25.5 Å². The second-order valence-corrected chi connectivity index (χ2v) is 5.35. The Morgan fingerprint density at radius 3 is 2.82 bits per heavy atom. The average molecular weight is 298 g/mol. The number of H-pyrrole nitrogens is 1. The lowest BCUT2D eigenvalue weighted by molar-refractivity contribution is 0.0919. The number of amides is 1. The highest BCUT2D eigenvalue weighted by Crippen LogP contribution is 2.30. The minimum absolute atomic E-state index is 0.143. The van der Waals surface area contributed by atoms with Crippen molar-refractivity contribution in [2.75, 3.05) is 6.54 Å². The van der Waals surface area contributed by atoms with E-state index in [-0.39, 0.29) is 24.3 Å². The molecular formula is C17H18N2O3. The minimum Gasteiger partial charge on any atom is -0.445 e. The summed E-state index contributed by atoms with van der Waals surface area (Å²) in [5, 5.41) is 0. The van der Waals surface area contributed by atoms with Gasteiger partial charge in [-0.25, -0.2) is 4.79 Å². The van der Waals surface area contributed by atoms with E-state index in [1.807, 2.05) is 30.3 Å². The number of carbonyl (C=O) groups excluding carboxylic acids is 1. The first kappa shape index (κ1) is 14.4. The maximum Gasteiger partial charge on any atom is 0.410 e. The maximum atomic E-state index is 12.3. The third-order valence-corrected chi connectivity index (χ3v) is 3.90. The van der Waals surface area contributed by atoms with Gasteiger partial charge < -0.3 is 14.6 Å². The van der Waals surface area contributed by atoms with E-state index in [9.17, 15) is 9.59 Å². The van der Waals surface area contributed by atoms with Gasteiger partial charge in [-0.05, 0) is 30.5 Å². The number of ether oxygens (including phenoxy) is 1. The van der Waals surface area contributed by atoms with Crippen LogP contribution in [0.3, 0.4) is 0 Å². The quantitative estimate of drug-likeness (QED) is 0.947. The molecule has 0 spiro atoms. The zero-order valence-electron chi connectivity index (χ0n) is 12.2. The molecule has 0 saturated carbocycles. The molecule has 1 aromatic carbocycles. The number of aromatic nitrogens is 1. The Hall–Kier alpha value is -2.56. The van der Waals surface area contributed by atoms with E-state index < -0.39 is 0 Å². The normalized spacial score (nSPS) is 17.5. The molecule has 1 fully saturated rings. The SMILES string of the molecule is O=C(OCc1ccccc1)N1CCCC1c1ccc[nH]c1=O. The van der Waals surface area contributed by atoms with Crippen LogP contribution in [0.2, 0.25) is 0 Å². The fourth-order valence-corrected chi connectivity index (χ4v) is 2.81. The summed E-state index contributed by atoms with van der Waals surface area (Å²) in [6.07, 6.45) is 2.89. The molecule has 1 amide bonds. The fraction of sp³-hybridized carbons (Fsp3) is 0.294. The number of nitrogens with one attached hydrogen (secondary N) is 1. The number of hydrogen-bond acceptors (Lipinski definition) is 3. The van der Waals surface area contributed by atoms with E-state index in [1.165, 1.54) is 0 Å². The lowest BCUT2D eigenvalue weighted by Gasteiger charge is -2.23. The molecular weight excluding hydrogens is 280 g/mol. The third kappa shape index (κ3) is 3.03. The van der Waals surface area contributed by atoms with Gasteiger partial charge in [0.2, 0.25) is 0 Å². The second-order valence-electron chi connectivity index (χ2n) is 5.35. The molecule has 5 heteroatoms. The molecule has 1 aliphatic heterocycles. The molecule has 22 heavy (non-hydrogen) atoms. The monoisotopic (exact) mass is 298 g/mol. The van der Waals surface area contributed by atoms with Gasteiger partial charge >= 0.3 is 6.09 Å². The van der Waals surface area contributed by atoms with E-state index in [2.05, 4.69) is 4.98 Å². The first-order valence-corrected chi connectivity index (χ1v) is 7.40. The Morgan fingerprint density at radius 1 is 1.23 bits per heavy atom. The second kappa shape index (κ2) is 6.47. The predicted molar refractivity (Wildman–Crippen MR) is 82.4 cm³/mol. The van der Waals surface area contributed by atoms with Crippen molar-refractivity contribution < 1.29 is 9.53 Å². The van der Waals surface area contributed by atoms with Crippen LogP contribution in [0.25, 0.3) is 0 Å². The Morgan fingerprint density at radius 2 is 2.05 bits per heavy atom. The summed E-state index contributed by atoms with van der Waals surface area (Å²) in [6.45, 7) is 0.862. The van der Waals surface area contributed by atoms with Crippen LogP contribution in [0.5, 0.6) is 0 Å². The van der Waals surface area contributed by atoms with Crippen LogP contribution < -0.4 is 5.56 Å². The highest BCUT2D eigenvalue weighted by molar-refractivity contribution is 5.68. The summed E-state index contributed by atoms with van der Waals surface area (Å²) in [5.41, 5.74) is 1.43. The van der Waals surface area contributed by atoms with E-state index in [4.69, 9.17) is 4.74 Å². The topological polar surface area (TPSA) is 62.4 Å². The van der Waals surface area contributed by atoms with Crippen molar-refractivity contribution >= 4 is 6.09 Å². The van der Waals surface area contributed by atoms with Gasteiger partial charge in [-0.3, -0.25) is 4.79 Å². The van der Waals surface area contributed by atoms with Crippen LogP contribution in [0.4, 0.5) is 4.79 Å². The van der Waals surface area contributed by atoms with Gasteiger partial charge in [0, 0.05) is 18.3 Å². The number of benzene rings is 1. The van der Waals surface area contributed by atoms with Gasteiger partial charge in [-0.15, -0.1) is 0 Å². The molecule has 114 valence electrons. The molecule has 0 bridgehead atoms. The summed E-state index contributed by atoms with van der Waals surface area (Å²) in [7, 11) is 0. The molecule has 0 radical (unpaired) electrons. The highest BCUT2D eigenvalue weighted by atomic mass is 16.6. The summed E-state index contributed by atoms with van der Waals surface area (Å²) in [6, 6.07) is 12.9. The zero-order chi connectivity index (χ0) is 15.4. The first-order chi connectivity index (χ1) is 10.8. The number of rotatable bonds is 3. The number of hydrogen-bond donors (Lipinski definition) is 1.